The van der Waals surface area contributed by atoms with Crippen LogP contribution in [0.25, 0.3) is 0 Å². The minimum absolute atomic E-state index is 0.249. The van der Waals surface area contributed by atoms with E-state index in [0.29, 0.717) is 28.1 Å². The summed E-state index contributed by atoms with van der Waals surface area (Å²) in [6, 6.07) is 6.58. The molecule has 0 saturated carbocycles. The Kier molecular flexibility index (Phi) is 5.14. The molecule has 0 saturated heterocycles. The van der Waals surface area contributed by atoms with Crippen LogP contribution < -0.4 is 10.6 Å². The van der Waals surface area contributed by atoms with E-state index in [1.54, 1.807) is 24.3 Å². The van der Waals surface area contributed by atoms with Crippen molar-refractivity contribution in [2.75, 3.05) is 11.9 Å². The number of benzene rings is 1. The van der Waals surface area contributed by atoms with Crippen molar-refractivity contribution < 1.29 is 4.79 Å². The van der Waals surface area contributed by atoms with Crippen LogP contribution in [-0.4, -0.2) is 22.4 Å². The Hall–Kier alpha value is -2.11. The third-order valence-corrected chi connectivity index (χ3v) is 3.05. The topological polar surface area (TPSA) is 66.9 Å². The number of hydrogen-bond acceptors (Lipinski definition) is 4. The van der Waals surface area contributed by atoms with E-state index in [4.69, 9.17) is 23.2 Å². The number of anilines is 2. The van der Waals surface area contributed by atoms with Gasteiger partial charge in [-0.15, -0.1) is 6.58 Å². The van der Waals surface area contributed by atoms with Gasteiger partial charge in [0.1, 0.15) is 17.8 Å². The molecule has 2 N–H and O–H groups in total. The Bertz CT molecular complexity index is 676. The van der Waals surface area contributed by atoms with Gasteiger partial charge < -0.3 is 10.6 Å². The fourth-order valence-electron chi connectivity index (χ4n) is 1.53. The molecule has 0 aliphatic heterocycles. The van der Waals surface area contributed by atoms with Gasteiger partial charge in [0, 0.05) is 17.6 Å². The monoisotopic (exact) mass is 322 g/mol. The molecule has 2 rings (SSSR count). The van der Waals surface area contributed by atoms with Gasteiger partial charge in [-0.05, 0) is 18.2 Å². The van der Waals surface area contributed by atoms with Gasteiger partial charge in [-0.1, -0.05) is 29.3 Å². The molecular formula is C14H12Cl2N4O. The molecular weight excluding hydrogens is 311 g/mol. The lowest BCUT2D eigenvalue weighted by molar-refractivity contribution is 0.0953. The molecule has 0 atom stereocenters. The highest BCUT2D eigenvalue weighted by molar-refractivity contribution is 6.36. The van der Waals surface area contributed by atoms with Crippen molar-refractivity contribution in [1.82, 2.24) is 15.3 Å². The maximum Gasteiger partial charge on any atom is 0.270 e. The second-order valence-electron chi connectivity index (χ2n) is 4.04. The minimum atomic E-state index is -0.303. The molecule has 7 heteroatoms. The van der Waals surface area contributed by atoms with Crippen molar-refractivity contribution in [2.24, 2.45) is 0 Å². The second-order valence-corrected chi connectivity index (χ2v) is 4.88. The van der Waals surface area contributed by atoms with E-state index in [0.717, 1.165) is 0 Å². The predicted octanol–water partition coefficient (Wildman–Crippen LogP) is 3.44. The lowest BCUT2D eigenvalue weighted by atomic mass is 10.3. The van der Waals surface area contributed by atoms with Gasteiger partial charge in [0.2, 0.25) is 0 Å². The van der Waals surface area contributed by atoms with E-state index in [2.05, 4.69) is 27.2 Å². The summed E-state index contributed by atoms with van der Waals surface area (Å²) in [5, 5.41) is 6.65. The highest BCUT2D eigenvalue weighted by Gasteiger charge is 2.09. The summed E-state index contributed by atoms with van der Waals surface area (Å²) in [7, 11) is 0. The molecule has 5 nitrogen and oxygen atoms in total. The number of nitrogens with one attached hydrogen (secondary N) is 2. The Morgan fingerprint density at radius 3 is 2.81 bits per heavy atom. The van der Waals surface area contributed by atoms with E-state index in [1.807, 2.05) is 0 Å². The molecule has 1 aromatic heterocycles. The van der Waals surface area contributed by atoms with Crippen molar-refractivity contribution in [3.63, 3.8) is 0 Å². The van der Waals surface area contributed by atoms with Gasteiger partial charge in [-0.3, -0.25) is 4.79 Å². The number of nitrogens with zero attached hydrogens (tertiary/aromatic N) is 2. The Morgan fingerprint density at radius 2 is 2.10 bits per heavy atom. The third kappa shape index (κ3) is 4.18. The molecule has 1 aromatic carbocycles. The highest BCUT2D eigenvalue weighted by Crippen LogP contribution is 2.27. The van der Waals surface area contributed by atoms with Crippen molar-refractivity contribution in [3.05, 3.63) is 59.0 Å². The van der Waals surface area contributed by atoms with Gasteiger partial charge in [-0.25, -0.2) is 9.97 Å². The van der Waals surface area contributed by atoms with Crippen molar-refractivity contribution in [2.45, 2.75) is 0 Å². The Labute approximate surface area is 132 Å². The van der Waals surface area contributed by atoms with Crippen LogP contribution in [0.1, 0.15) is 10.5 Å². The minimum Gasteiger partial charge on any atom is -0.347 e. The van der Waals surface area contributed by atoms with Crippen molar-refractivity contribution in [3.8, 4) is 0 Å². The van der Waals surface area contributed by atoms with Gasteiger partial charge in [0.05, 0.1) is 10.7 Å². The fourth-order valence-corrected chi connectivity index (χ4v) is 1.99. The van der Waals surface area contributed by atoms with Crippen LogP contribution in [0.5, 0.6) is 0 Å². The van der Waals surface area contributed by atoms with Gasteiger partial charge in [-0.2, -0.15) is 0 Å². The second kappa shape index (κ2) is 7.06. The number of carbonyl (C=O) groups is 1. The molecule has 108 valence electrons. The zero-order valence-corrected chi connectivity index (χ0v) is 12.4. The van der Waals surface area contributed by atoms with Crippen LogP contribution in [-0.2, 0) is 0 Å². The lowest BCUT2D eigenvalue weighted by Gasteiger charge is -2.08. The van der Waals surface area contributed by atoms with Crippen LogP contribution in [0, 0.1) is 0 Å². The zero-order valence-electron chi connectivity index (χ0n) is 10.9. The number of carbonyl (C=O) groups excluding carboxylic acids is 1. The third-order valence-electron chi connectivity index (χ3n) is 2.50. The summed E-state index contributed by atoms with van der Waals surface area (Å²) in [5.41, 5.74) is 0.886. The van der Waals surface area contributed by atoms with E-state index in [9.17, 15) is 4.79 Å². The number of hydrogen-bond donors (Lipinski definition) is 2. The molecule has 1 heterocycles. The number of aromatic nitrogens is 2. The van der Waals surface area contributed by atoms with Crippen molar-refractivity contribution in [1.29, 1.82) is 0 Å². The molecule has 0 aliphatic rings. The SMILES string of the molecule is C=CCNC(=O)c1cc(Nc2ccc(Cl)cc2Cl)ncn1. The Balaban J connectivity index is 2.17. The van der Waals surface area contributed by atoms with E-state index < -0.39 is 0 Å². The highest BCUT2D eigenvalue weighted by atomic mass is 35.5. The quantitative estimate of drug-likeness (QED) is 0.827. The summed E-state index contributed by atoms with van der Waals surface area (Å²) in [6.07, 6.45) is 2.89. The number of amides is 1. The largest absolute Gasteiger partial charge is 0.347 e. The smallest absolute Gasteiger partial charge is 0.270 e. The summed E-state index contributed by atoms with van der Waals surface area (Å²) < 4.78 is 0. The normalized spacial score (nSPS) is 10.0. The van der Waals surface area contributed by atoms with Crippen LogP contribution in [0.4, 0.5) is 11.5 Å². The first-order valence-electron chi connectivity index (χ1n) is 6.03. The van der Waals surface area contributed by atoms with Gasteiger partial charge in [0.15, 0.2) is 0 Å². The molecule has 0 bridgehead atoms. The Morgan fingerprint density at radius 1 is 1.29 bits per heavy atom. The number of rotatable bonds is 5. The fraction of sp³-hybridized carbons (Fsp3) is 0.0714. The maximum absolute atomic E-state index is 11.8. The maximum atomic E-state index is 11.8. The standard InChI is InChI=1S/C14H12Cl2N4O/c1-2-5-17-14(21)12-7-13(19-8-18-12)20-11-4-3-9(15)6-10(11)16/h2-4,6-8H,1,5H2,(H,17,21)(H,18,19,20). The van der Waals surface area contributed by atoms with Crippen LogP contribution in [0.2, 0.25) is 10.0 Å². The summed E-state index contributed by atoms with van der Waals surface area (Å²) in [4.78, 5) is 19.8. The summed E-state index contributed by atoms with van der Waals surface area (Å²) in [5.74, 6) is 0.153. The average molecular weight is 323 g/mol. The van der Waals surface area contributed by atoms with E-state index in [1.165, 1.54) is 12.4 Å². The molecule has 0 spiro atoms. The number of halogens is 2. The molecule has 0 unspecified atom stereocenters. The average Bonchev–Trinajstić information content (AvgIpc) is 2.48. The predicted molar refractivity (Wildman–Crippen MR) is 84.3 cm³/mol. The van der Waals surface area contributed by atoms with Crippen LogP contribution in [0.3, 0.4) is 0 Å². The molecule has 0 radical (unpaired) electrons. The van der Waals surface area contributed by atoms with E-state index >= 15 is 0 Å². The first kappa shape index (κ1) is 15.3. The zero-order chi connectivity index (χ0) is 15.2. The molecule has 2 aromatic rings. The van der Waals surface area contributed by atoms with Crippen molar-refractivity contribution >= 4 is 40.6 Å². The molecule has 0 fully saturated rings. The summed E-state index contributed by atoms with van der Waals surface area (Å²) >= 11 is 11.9. The van der Waals surface area contributed by atoms with Crippen LogP contribution >= 0.6 is 23.2 Å². The summed E-state index contributed by atoms with van der Waals surface area (Å²) in [6.45, 7) is 3.90. The first-order valence-corrected chi connectivity index (χ1v) is 6.79. The lowest BCUT2D eigenvalue weighted by Crippen LogP contribution is -2.24. The first-order chi connectivity index (χ1) is 10.1. The molecule has 21 heavy (non-hydrogen) atoms. The van der Waals surface area contributed by atoms with Gasteiger partial charge in [0.25, 0.3) is 5.91 Å². The molecule has 1 amide bonds. The van der Waals surface area contributed by atoms with Gasteiger partial charge >= 0.3 is 0 Å². The van der Waals surface area contributed by atoms with E-state index in [-0.39, 0.29) is 11.6 Å². The molecule has 0 aliphatic carbocycles. The van der Waals surface area contributed by atoms with Crippen LogP contribution in [0.15, 0.2) is 43.2 Å².